The highest BCUT2D eigenvalue weighted by atomic mass is 19.2. The molecule has 0 unspecified atom stereocenters. The van der Waals surface area contributed by atoms with Gasteiger partial charge in [0.15, 0.2) is 17.5 Å². The molecule has 4 aromatic rings. The molecule has 0 fully saturated rings. The number of hydrogen-bond donors (Lipinski definition) is 3. The quantitative estimate of drug-likeness (QED) is 0.420. The molecule has 2 heterocycles. The number of para-hydroxylation sites is 1. The van der Waals surface area contributed by atoms with Crippen molar-refractivity contribution in [3.05, 3.63) is 77.9 Å². The molecule has 0 atom stereocenters. The normalized spacial score (nSPS) is 11.0. The van der Waals surface area contributed by atoms with Gasteiger partial charge in [-0.1, -0.05) is 18.2 Å². The van der Waals surface area contributed by atoms with Crippen LogP contribution in [0.25, 0.3) is 10.9 Å². The maximum Gasteiger partial charge on any atom is 0.229 e. The van der Waals surface area contributed by atoms with Crippen molar-refractivity contribution in [2.45, 2.75) is 6.42 Å². The smallest absolute Gasteiger partial charge is 0.229 e. The zero-order valence-electron chi connectivity index (χ0n) is 14.6. The van der Waals surface area contributed by atoms with Crippen LogP contribution < -0.4 is 10.6 Å². The summed E-state index contributed by atoms with van der Waals surface area (Å²) in [5, 5.41) is 6.91. The Kier molecular flexibility index (Phi) is 4.84. The van der Waals surface area contributed by atoms with Crippen LogP contribution in [0, 0.1) is 17.5 Å². The van der Waals surface area contributed by atoms with Crippen LogP contribution in [0.2, 0.25) is 0 Å². The van der Waals surface area contributed by atoms with Crippen LogP contribution in [0.15, 0.2) is 54.9 Å². The third-order valence-electron chi connectivity index (χ3n) is 4.31. The zero-order chi connectivity index (χ0) is 19.5. The molecule has 28 heavy (non-hydrogen) atoms. The SMILES string of the molecule is Fc1ccc(Nc2nccc(NCCc3c[nH]c4ccccc34)n2)c(F)c1F. The van der Waals surface area contributed by atoms with Gasteiger partial charge in [-0.15, -0.1) is 0 Å². The second kappa shape index (κ2) is 7.59. The predicted molar refractivity (Wildman–Crippen MR) is 102 cm³/mol. The number of nitrogens with one attached hydrogen (secondary N) is 3. The number of rotatable bonds is 6. The van der Waals surface area contributed by atoms with Gasteiger partial charge in [0.25, 0.3) is 0 Å². The molecule has 0 spiro atoms. The number of anilines is 3. The van der Waals surface area contributed by atoms with E-state index < -0.39 is 17.5 Å². The van der Waals surface area contributed by atoms with E-state index in [0.717, 1.165) is 24.1 Å². The predicted octanol–water partition coefficient (Wildman–Crippen LogP) is 4.77. The first kappa shape index (κ1) is 17.8. The summed E-state index contributed by atoms with van der Waals surface area (Å²) < 4.78 is 40.2. The van der Waals surface area contributed by atoms with Crippen molar-refractivity contribution in [1.29, 1.82) is 0 Å². The van der Waals surface area contributed by atoms with Crippen molar-refractivity contribution in [2.75, 3.05) is 17.2 Å². The van der Waals surface area contributed by atoms with Crippen LogP contribution in [-0.2, 0) is 6.42 Å². The van der Waals surface area contributed by atoms with E-state index in [2.05, 4.69) is 31.7 Å². The molecule has 0 aliphatic rings. The average molecular weight is 383 g/mol. The highest BCUT2D eigenvalue weighted by molar-refractivity contribution is 5.83. The summed E-state index contributed by atoms with van der Waals surface area (Å²) in [6.07, 6.45) is 4.24. The van der Waals surface area contributed by atoms with Gasteiger partial charge in [0.1, 0.15) is 5.82 Å². The maximum absolute atomic E-state index is 13.8. The van der Waals surface area contributed by atoms with Crippen LogP contribution in [0.3, 0.4) is 0 Å². The van der Waals surface area contributed by atoms with Crippen molar-refractivity contribution in [3.8, 4) is 0 Å². The lowest BCUT2D eigenvalue weighted by Crippen LogP contribution is -2.08. The third kappa shape index (κ3) is 3.62. The average Bonchev–Trinajstić information content (AvgIpc) is 3.12. The standard InChI is InChI=1S/C20H16F3N5/c21-14-5-6-16(19(23)18(14)22)27-20-25-10-8-17(28-20)24-9-7-12-11-26-15-4-2-1-3-13(12)15/h1-6,8,10-11,26H,7,9H2,(H2,24,25,27,28). The summed E-state index contributed by atoms with van der Waals surface area (Å²) in [7, 11) is 0. The fourth-order valence-electron chi connectivity index (χ4n) is 2.92. The van der Waals surface area contributed by atoms with E-state index >= 15 is 0 Å². The summed E-state index contributed by atoms with van der Waals surface area (Å²) in [6.45, 7) is 0.623. The van der Waals surface area contributed by atoms with Crippen molar-refractivity contribution in [3.63, 3.8) is 0 Å². The summed E-state index contributed by atoms with van der Waals surface area (Å²) >= 11 is 0. The Bertz CT molecular complexity index is 1130. The number of H-pyrrole nitrogens is 1. The van der Waals surface area contributed by atoms with Crippen LogP contribution in [0.5, 0.6) is 0 Å². The molecule has 2 aromatic heterocycles. The molecule has 5 nitrogen and oxygen atoms in total. The molecule has 142 valence electrons. The van der Waals surface area contributed by atoms with E-state index in [9.17, 15) is 13.2 Å². The highest BCUT2D eigenvalue weighted by Gasteiger charge is 2.14. The van der Waals surface area contributed by atoms with Crippen LogP contribution >= 0.6 is 0 Å². The van der Waals surface area contributed by atoms with E-state index in [1.54, 1.807) is 6.07 Å². The Balaban J connectivity index is 1.42. The topological polar surface area (TPSA) is 65.6 Å². The fourth-order valence-corrected chi connectivity index (χ4v) is 2.92. The first-order valence-electron chi connectivity index (χ1n) is 8.64. The lowest BCUT2D eigenvalue weighted by atomic mass is 10.1. The van der Waals surface area contributed by atoms with Crippen molar-refractivity contribution in [1.82, 2.24) is 15.0 Å². The fraction of sp³-hybridized carbons (Fsp3) is 0.100. The largest absolute Gasteiger partial charge is 0.370 e. The zero-order valence-corrected chi connectivity index (χ0v) is 14.6. The van der Waals surface area contributed by atoms with Crippen molar-refractivity contribution >= 4 is 28.4 Å². The number of halogens is 3. The summed E-state index contributed by atoms with van der Waals surface area (Å²) in [6, 6.07) is 11.6. The number of hydrogen-bond acceptors (Lipinski definition) is 4. The molecule has 0 amide bonds. The molecule has 0 bridgehead atoms. The molecule has 0 saturated carbocycles. The first-order valence-corrected chi connectivity index (χ1v) is 8.64. The van der Waals surface area contributed by atoms with Crippen molar-refractivity contribution in [2.24, 2.45) is 0 Å². The Morgan fingerprint density at radius 3 is 2.71 bits per heavy atom. The third-order valence-corrected chi connectivity index (χ3v) is 4.31. The van der Waals surface area contributed by atoms with E-state index in [-0.39, 0.29) is 11.6 Å². The van der Waals surface area contributed by atoms with Gasteiger partial charge in [-0.25, -0.2) is 18.2 Å². The molecular formula is C20H16F3N5. The minimum atomic E-state index is -1.54. The van der Waals surface area contributed by atoms with Gasteiger partial charge < -0.3 is 15.6 Å². The van der Waals surface area contributed by atoms with E-state index in [1.807, 2.05) is 24.4 Å². The second-order valence-corrected chi connectivity index (χ2v) is 6.15. The molecule has 2 aromatic carbocycles. The Morgan fingerprint density at radius 1 is 0.964 bits per heavy atom. The van der Waals surface area contributed by atoms with E-state index in [4.69, 9.17) is 0 Å². The Hall–Kier alpha value is -3.55. The first-order chi connectivity index (χ1) is 13.6. The van der Waals surface area contributed by atoms with Crippen LogP contribution in [-0.4, -0.2) is 21.5 Å². The van der Waals surface area contributed by atoms with Gasteiger partial charge >= 0.3 is 0 Å². The minimum absolute atomic E-state index is 0.0713. The van der Waals surface area contributed by atoms with Gasteiger partial charge in [-0.3, -0.25) is 0 Å². The van der Waals surface area contributed by atoms with Gasteiger partial charge in [0, 0.05) is 29.8 Å². The van der Waals surface area contributed by atoms with Gasteiger partial charge in [-0.05, 0) is 36.2 Å². The molecular weight excluding hydrogens is 367 g/mol. The number of nitrogens with zero attached hydrogens (tertiary/aromatic N) is 2. The van der Waals surface area contributed by atoms with E-state index in [0.29, 0.717) is 12.4 Å². The molecule has 4 rings (SSSR count). The molecule has 8 heteroatoms. The van der Waals surface area contributed by atoms with Gasteiger partial charge in [0.2, 0.25) is 5.95 Å². The lowest BCUT2D eigenvalue weighted by molar-refractivity contribution is 0.449. The van der Waals surface area contributed by atoms with Crippen LogP contribution in [0.4, 0.5) is 30.6 Å². The maximum atomic E-state index is 13.8. The molecule has 0 saturated heterocycles. The number of fused-ring (bicyclic) bond motifs is 1. The van der Waals surface area contributed by atoms with Gasteiger partial charge in [0.05, 0.1) is 5.69 Å². The number of benzene rings is 2. The van der Waals surface area contributed by atoms with Crippen LogP contribution in [0.1, 0.15) is 5.56 Å². The lowest BCUT2D eigenvalue weighted by Gasteiger charge is -2.09. The van der Waals surface area contributed by atoms with Gasteiger partial charge in [-0.2, -0.15) is 4.98 Å². The number of aromatic nitrogens is 3. The van der Waals surface area contributed by atoms with Crippen molar-refractivity contribution < 1.29 is 13.2 Å². The molecule has 0 aliphatic carbocycles. The van der Waals surface area contributed by atoms with E-state index in [1.165, 1.54) is 17.1 Å². The monoisotopic (exact) mass is 383 g/mol. The summed E-state index contributed by atoms with van der Waals surface area (Å²) in [4.78, 5) is 11.4. The Morgan fingerprint density at radius 2 is 1.82 bits per heavy atom. The highest BCUT2D eigenvalue weighted by Crippen LogP contribution is 2.22. The second-order valence-electron chi connectivity index (χ2n) is 6.15. The molecule has 0 radical (unpaired) electrons. The summed E-state index contributed by atoms with van der Waals surface area (Å²) in [5.74, 6) is -3.52. The number of aromatic amines is 1. The molecule has 3 N–H and O–H groups in total. The Labute approximate surface area is 158 Å². The molecule has 0 aliphatic heterocycles. The summed E-state index contributed by atoms with van der Waals surface area (Å²) in [5.41, 5.74) is 2.02. The minimum Gasteiger partial charge on any atom is -0.370 e.